The van der Waals surface area contributed by atoms with Gasteiger partial charge in [-0.05, 0) is 49.1 Å². The van der Waals surface area contributed by atoms with Crippen LogP contribution in [0.3, 0.4) is 0 Å². The first-order chi connectivity index (χ1) is 12.2. The molecule has 0 saturated heterocycles. The van der Waals surface area contributed by atoms with Crippen LogP contribution in [-0.2, 0) is 22.4 Å². The van der Waals surface area contributed by atoms with E-state index in [9.17, 15) is 9.59 Å². The van der Waals surface area contributed by atoms with Crippen molar-refractivity contribution in [2.75, 3.05) is 12.4 Å². The standard InChI is InChI=1S/C20H21NO3S/c1-24-20(23)17-13-9-5-6-10-16(13)25-19(17)21-18(22)15-11-14(15)12-7-3-2-4-8-12/h2-4,7-8,14-15H,5-6,9-11H2,1H3,(H,21,22)/t14-,15+/m0/s1. The van der Waals surface area contributed by atoms with Gasteiger partial charge in [-0.2, -0.15) is 0 Å². The Morgan fingerprint density at radius 3 is 2.68 bits per heavy atom. The Labute approximate surface area is 151 Å². The Bertz CT molecular complexity index is 812. The van der Waals surface area contributed by atoms with Crippen LogP contribution in [-0.4, -0.2) is 19.0 Å². The number of hydrogen-bond acceptors (Lipinski definition) is 4. The zero-order valence-corrected chi connectivity index (χ0v) is 15.0. The molecule has 1 aromatic carbocycles. The summed E-state index contributed by atoms with van der Waals surface area (Å²) in [4.78, 5) is 26.2. The largest absolute Gasteiger partial charge is 0.465 e. The summed E-state index contributed by atoms with van der Waals surface area (Å²) in [5.41, 5.74) is 2.86. The molecule has 0 radical (unpaired) electrons. The van der Waals surface area contributed by atoms with Crippen LogP contribution in [0.15, 0.2) is 30.3 Å². The van der Waals surface area contributed by atoms with E-state index in [1.165, 1.54) is 17.6 Å². The predicted molar refractivity (Wildman–Crippen MR) is 98.2 cm³/mol. The minimum absolute atomic E-state index is 0.00738. The maximum Gasteiger partial charge on any atom is 0.341 e. The van der Waals surface area contributed by atoms with Crippen molar-refractivity contribution in [1.82, 2.24) is 0 Å². The van der Waals surface area contributed by atoms with Crippen LogP contribution in [0.5, 0.6) is 0 Å². The van der Waals surface area contributed by atoms with Crippen molar-refractivity contribution in [3.05, 3.63) is 51.9 Å². The number of benzene rings is 1. The Balaban J connectivity index is 1.54. The summed E-state index contributed by atoms with van der Waals surface area (Å²) in [7, 11) is 1.40. The number of nitrogens with one attached hydrogen (secondary N) is 1. The minimum atomic E-state index is -0.342. The van der Waals surface area contributed by atoms with Gasteiger partial charge in [-0.1, -0.05) is 30.3 Å². The normalized spacial score (nSPS) is 21.3. The lowest BCUT2D eigenvalue weighted by Crippen LogP contribution is -2.17. The SMILES string of the molecule is COC(=O)c1c(NC(=O)[C@@H]2C[C@H]2c2ccccc2)sc2c1CCCC2. The molecule has 2 aromatic rings. The second-order valence-electron chi connectivity index (χ2n) is 6.76. The van der Waals surface area contributed by atoms with Crippen molar-refractivity contribution < 1.29 is 14.3 Å². The van der Waals surface area contributed by atoms with Gasteiger partial charge in [0, 0.05) is 10.8 Å². The van der Waals surface area contributed by atoms with E-state index in [1.54, 1.807) is 11.3 Å². The van der Waals surface area contributed by atoms with E-state index in [2.05, 4.69) is 17.4 Å². The number of carbonyl (C=O) groups excluding carboxylic acids is 2. The highest BCUT2D eigenvalue weighted by molar-refractivity contribution is 7.17. The quantitative estimate of drug-likeness (QED) is 0.838. The van der Waals surface area contributed by atoms with Crippen LogP contribution in [0, 0.1) is 5.92 Å². The Hall–Kier alpha value is -2.14. The average Bonchev–Trinajstić information content (AvgIpc) is 3.37. The molecule has 2 aliphatic carbocycles. The summed E-state index contributed by atoms with van der Waals surface area (Å²) < 4.78 is 4.97. The van der Waals surface area contributed by atoms with Gasteiger partial charge in [0.05, 0.1) is 12.7 Å². The first-order valence-corrected chi connectivity index (χ1v) is 9.59. The third kappa shape index (κ3) is 3.09. The van der Waals surface area contributed by atoms with Gasteiger partial charge in [0.2, 0.25) is 5.91 Å². The van der Waals surface area contributed by atoms with Crippen LogP contribution in [0.1, 0.15) is 51.5 Å². The molecular formula is C20H21NO3S. The molecule has 0 bridgehead atoms. The van der Waals surface area contributed by atoms with Crippen LogP contribution >= 0.6 is 11.3 Å². The van der Waals surface area contributed by atoms with E-state index in [1.807, 2.05) is 18.2 Å². The lowest BCUT2D eigenvalue weighted by Gasteiger charge is -2.11. The van der Waals surface area contributed by atoms with Crippen LogP contribution in [0.25, 0.3) is 0 Å². The molecule has 130 valence electrons. The van der Waals surface area contributed by atoms with Crippen molar-refractivity contribution in [3.8, 4) is 0 Å². The fourth-order valence-electron chi connectivity index (χ4n) is 3.73. The lowest BCUT2D eigenvalue weighted by molar-refractivity contribution is -0.117. The highest BCUT2D eigenvalue weighted by Gasteiger charge is 2.44. The van der Waals surface area contributed by atoms with Crippen molar-refractivity contribution >= 4 is 28.2 Å². The number of ether oxygens (including phenoxy) is 1. The van der Waals surface area contributed by atoms with Gasteiger partial charge in [-0.25, -0.2) is 4.79 Å². The molecular weight excluding hydrogens is 334 g/mol. The molecule has 0 aliphatic heterocycles. The number of aryl methyl sites for hydroxylation is 1. The molecule has 4 nitrogen and oxygen atoms in total. The van der Waals surface area contributed by atoms with Crippen molar-refractivity contribution in [1.29, 1.82) is 0 Å². The van der Waals surface area contributed by atoms with E-state index in [4.69, 9.17) is 4.74 Å². The topological polar surface area (TPSA) is 55.4 Å². The highest BCUT2D eigenvalue weighted by Crippen LogP contribution is 2.48. The number of anilines is 1. The van der Waals surface area contributed by atoms with E-state index in [0.717, 1.165) is 37.7 Å². The number of carbonyl (C=O) groups is 2. The van der Waals surface area contributed by atoms with Crippen molar-refractivity contribution in [2.24, 2.45) is 5.92 Å². The molecule has 4 rings (SSSR count). The number of hydrogen-bond donors (Lipinski definition) is 1. The van der Waals surface area contributed by atoms with Crippen molar-refractivity contribution in [2.45, 2.75) is 38.0 Å². The van der Waals surface area contributed by atoms with Crippen LogP contribution < -0.4 is 5.32 Å². The molecule has 1 N–H and O–H groups in total. The summed E-state index contributed by atoms with van der Waals surface area (Å²) >= 11 is 1.54. The average molecular weight is 355 g/mol. The molecule has 25 heavy (non-hydrogen) atoms. The number of esters is 1. The molecule has 1 aromatic heterocycles. The van der Waals surface area contributed by atoms with Gasteiger partial charge in [-0.3, -0.25) is 4.79 Å². The molecule has 1 fully saturated rings. The second kappa shape index (κ2) is 6.64. The number of rotatable bonds is 4. The third-order valence-corrected chi connectivity index (χ3v) is 6.36. The zero-order chi connectivity index (χ0) is 17.4. The van der Waals surface area contributed by atoms with E-state index in [0.29, 0.717) is 10.6 Å². The number of methoxy groups -OCH3 is 1. The maximum absolute atomic E-state index is 12.7. The molecule has 0 unspecified atom stereocenters. The third-order valence-electron chi connectivity index (χ3n) is 5.15. The molecule has 5 heteroatoms. The summed E-state index contributed by atoms with van der Waals surface area (Å²) in [6.45, 7) is 0. The van der Waals surface area contributed by atoms with E-state index in [-0.39, 0.29) is 23.7 Å². The predicted octanol–water partition coefficient (Wildman–Crippen LogP) is 4.16. The maximum atomic E-state index is 12.7. The summed E-state index contributed by atoms with van der Waals surface area (Å²) in [6.07, 6.45) is 4.96. The fourth-order valence-corrected chi connectivity index (χ4v) is 5.01. The fraction of sp³-hybridized carbons (Fsp3) is 0.400. The monoisotopic (exact) mass is 355 g/mol. The summed E-state index contributed by atoms with van der Waals surface area (Å²) in [5, 5.41) is 3.69. The van der Waals surface area contributed by atoms with Gasteiger partial charge < -0.3 is 10.1 Å². The molecule has 0 spiro atoms. The Morgan fingerprint density at radius 1 is 1.16 bits per heavy atom. The summed E-state index contributed by atoms with van der Waals surface area (Å²) in [6, 6.07) is 10.1. The highest BCUT2D eigenvalue weighted by atomic mass is 32.1. The molecule has 1 saturated carbocycles. The van der Waals surface area contributed by atoms with Crippen molar-refractivity contribution in [3.63, 3.8) is 0 Å². The molecule has 2 aliphatic rings. The molecule has 1 heterocycles. The zero-order valence-electron chi connectivity index (χ0n) is 14.2. The lowest BCUT2D eigenvalue weighted by atomic mass is 9.95. The van der Waals surface area contributed by atoms with E-state index >= 15 is 0 Å². The number of thiophene rings is 1. The molecule has 2 atom stereocenters. The number of fused-ring (bicyclic) bond motifs is 1. The molecule has 1 amide bonds. The van der Waals surface area contributed by atoms with Gasteiger partial charge in [0.25, 0.3) is 0 Å². The Kier molecular flexibility index (Phi) is 4.34. The first kappa shape index (κ1) is 16.3. The van der Waals surface area contributed by atoms with Gasteiger partial charge in [-0.15, -0.1) is 11.3 Å². The van der Waals surface area contributed by atoms with E-state index < -0.39 is 0 Å². The smallest absolute Gasteiger partial charge is 0.341 e. The van der Waals surface area contributed by atoms with Crippen LogP contribution in [0.4, 0.5) is 5.00 Å². The van der Waals surface area contributed by atoms with Gasteiger partial charge in [0.1, 0.15) is 5.00 Å². The first-order valence-electron chi connectivity index (χ1n) is 8.77. The number of amides is 1. The Morgan fingerprint density at radius 2 is 1.92 bits per heavy atom. The summed E-state index contributed by atoms with van der Waals surface area (Å²) in [5.74, 6) is -0.0490. The van der Waals surface area contributed by atoms with Gasteiger partial charge >= 0.3 is 5.97 Å². The van der Waals surface area contributed by atoms with Gasteiger partial charge in [0.15, 0.2) is 0 Å². The minimum Gasteiger partial charge on any atom is -0.465 e. The van der Waals surface area contributed by atoms with Crippen LogP contribution in [0.2, 0.25) is 0 Å². The second-order valence-corrected chi connectivity index (χ2v) is 7.86.